The van der Waals surface area contributed by atoms with Crippen LogP contribution < -0.4 is 0 Å². The van der Waals surface area contributed by atoms with Crippen molar-refractivity contribution in [2.45, 2.75) is 19.3 Å². The molecular formula is C53H37N3. The molecule has 56 heavy (non-hydrogen) atoms. The minimum Gasteiger partial charge on any atom is -0.309 e. The summed E-state index contributed by atoms with van der Waals surface area (Å²) >= 11 is 0. The Morgan fingerprint density at radius 1 is 0.429 bits per heavy atom. The lowest BCUT2D eigenvalue weighted by Gasteiger charge is -2.24. The van der Waals surface area contributed by atoms with Gasteiger partial charge in [-0.3, -0.25) is 0 Å². The standard InChI is InChI=1S/C53H37N3/c1-53(2)45-24-11-8-23-43(45)50-44(32-37-17-6-7-20-40(37)51(50)53)36-18-14-19-38(31-36)47-33-46(54-52(55-47)35-15-4-3-5-16-35)34-27-29-39(30-28-34)56-48-25-12-9-21-41(48)42-22-10-13-26-49(42)56/h3-33H,1-2H3. The van der Waals surface area contributed by atoms with E-state index in [1.807, 2.05) is 18.2 Å². The van der Waals surface area contributed by atoms with E-state index in [1.165, 1.54) is 66.0 Å². The molecule has 0 spiro atoms. The molecule has 0 fully saturated rings. The van der Waals surface area contributed by atoms with Crippen molar-refractivity contribution in [1.29, 1.82) is 0 Å². The van der Waals surface area contributed by atoms with E-state index in [9.17, 15) is 0 Å². The lowest BCUT2D eigenvalue weighted by molar-refractivity contribution is 0.666. The van der Waals surface area contributed by atoms with Gasteiger partial charge in [0.25, 0.3) is 0 Å². The van der Waals surface area contributed by atoms with E-state index in [0.29, 0.717) is 5.82 Å². The highest BCUT2D eigenvalue weighted by Crippen LogP contribution is 2.55. The molecule has 0 atom stereocenters. The highest BCUT2D eigenvalue weighted by Gasteiger charge is 2.38. The predicted octanol–water partition coefficient (Wildman–Crippen LogP) is 13.7. The molecule has 2 aromatic heterocycles. The van der Waals surface area contributed by atoms with Crippen LogP contribution in [-0.4, -0.2) is 14.5 Å². The largest absolute Gasteiger partial charge is 0.309 e. The van der Waals surface area contributed by atoms with Gasteiger partial charge in [-0.1, -0.05) is 159 Å². The smallest absolute Gasteiger partial charge is 0.160 e. The molecule has 0 saturated heterocycles. The first kappa shape index (κ1) is 32.3. The molecule has 0 aliphatic heterocycles. The molecule has 11 rings (SSSR count). The number of fused-ring (bicyclic) bond motifs is 8. The van der Waals surface area contributed by atoms with Gasteiger partial charge in [-0.15, -0.1) is 0 Å². The zero-order valence-electron chi connectivity index (χ0n) is 31.2. The van der Waals surface area contributed by atoms with Crippen LogP contribution in [0.1, 0.15) is 25.0 Å². The van der Waals surface area contributed by atoms with Crippen LogP contribution in [0.2, 0.25) is 0 Å². The van der Waals surface area contributed by atoms with E-state index in [1.54, 1.807) is 0 Å². The summed E-state index contributed by atoms with van der Waals surface area (Å²) in [5.41, 5.74) is 16.1. The van der Waals surface area contributed by atoms with Crippen molar-refractivity contribution in [3.05, 3.63) is 199 Å². The first-order valence-electron chi connectivity index (χ1n) is 19.3. The zero-order chi connectivity index (χ0) is 37.4. The summed E-state index contributed by atoms with van der Waals surface area (Å²) in [6.45, 7) is 4.74. The molecule has 10 aromatic rings. The van der Waals surface area contributed by atoms with E-state index in [4.69, 9.17) is 9.97 Å². The molecule has 0 bridgehead atoms. The van der Waals surface area contributed by atoms with Crippen LogP contribution >= 0.6 is 0 Å². The van der Waals surface area contributed by atoms with Crippen LogP contribution in [0.3, 0.4) is 0 Å². The minimum atomic E-state index is -0.123. The van der Waals surface area contributed by atoms with Crippen LogP contribution in [0.15, 0.2) is 188 Å². The van der Waals surface area contributed by atoms with E-state index < -0.39 is 0 Å². The van der Waals surface area contributed by atoms with Gasteiger partial charge in [0, 0.05) is 38.6 Å². The number of hydrogen-bond donors (Lipinski definition) is 0. The van der Waals surface area contributed by atoms with Crippen molar-refractivity contribution in [1.82, 2.24) is 14.5 Å². The third-order valence-electron chi connectivity index (χ3n) is 11.8. The SMILES string of the molecule is CC1(C)c2ccccc2-c2c(-c3cccc(-c4cc(-c5ccc(-n6c7ccccc7c7ccccc76)cc5)nc(-c5ccccc5)n4)c3)cc3ccccc3c21. The Balaban J connectivity index is 1.06. The van der Waals surface area contributed by atoms with Gasteiger partial charge in [0.05, 0.1) is 22.4 Å². The summed E-state index contributed by atoms with van der Waals surface area (Å²) in [6, 6.07) is 67.6. The Labute approximate surface area is 326 Å². The quantitative estimate of drug-likeness (QED) is 0.178. The highest BCUT2D eigenvalue weighted by molar-refractivity contribution is 6.09. The lowest BCUT2D eigenvalue weighted by Crippen LogP contribution is -2.15. The Kier molecular flexibility index (Phi) is 7.20. The molecule has 1 aliphatic carbocycles. The summed E-state index contributed by atoms with van der Waals surface area (Å²) in [5, 5.41) is 5.08. The second-order valence-electron chi connectivity index (χ2n) is 15.4. The number of aromatic nitrogens is 3. The van der Waals surface area contributed by atoms with E-state index in [0.717, 1.165) is 33.8 Å². The second-order valence-corrected chi connectivity index (χ2v) is 15.4. The number of hydrogen-bond acceptors (Lipinski definition) is 2. The van der Waals surface area contributed by atoms with Crippen molar-refractivity contribution in [3.63, 3.8) is 0 Å². The molecule has 3 nitrogen and oxygen atoms in total. The summed E-state index contributed by atoms with van der Waals surface area (Å²) in [6.07, 6.45) is 0. The van der Waals surface area contributed by atoms with Crippen LogP contribution in [0, 0.1) is 0 Å². The predicted molar refractivity (Wildman–Crippen MR) is 233 cm³/mol. The van der Waals surface area contributed by atoms with Gasteiger partial charge < -0.3 is 4.57 Å². The van der Waals surface area contributed by atoms with Gasteiger partial charge in [-0.05, 0) is 86.6 Å². The van der Waals surface area contributed by atoms with E-state index in [-0.39, 0.29) is 5.41 Å². The molecule has 0 saturated carbocycles. The van der Waals surface area contributed by atoms with E-state index >= 15 is 0 Å². The second kappa shape index (κ2) is 12.5. The number of rotatable bonds is 5. The first-order chi connectivity index (χ1) is 27.5. The molecule has 264 valence electrons. The van der Waals surface area contributed by atoms with Crippen LogP contribution in [0.5, 0.6) is 0 Å². The molecule has 0 amide bonds. The third kappa shape index (κ3) is 4.98. The summed E-state index contributed by atoms with van der Waals surface area (Å²) in [5.74, 6) is 0.706. The molecule has 0 N–H and O–H groups in total. The van der Waals surface area contributed by atoms with Crippen molar-refractivity contribution < 1.29 is 0 Å². The van der Waals surface area contributed by atoms with Crippen LogP contribution in [0.25, 0.3) is 94.4 Å². The van der Waals surface area contributed by atoms with Gasteiger partial charge in [-0.25, -0.2) is 9.97 Å². The van der Waals surface area contributed by atoms with Gasteiger partial charge >= 0.3 is 0 Å². The number of para-hydroxylation sites is 2. The van der Waals surface area contributed by atoms with Crippen molar-refractivity contribution in [2.24, 2.45) is 0 Å². The van der Waals surface area contributed by atoms with Crippen molar-refractivity contribution >= 4 is 32.6 Å². The molecule has 2 heterocycles. The topological polar surface area (TPSA) is 30.7 Å². The molecule has 8 aromatic carbocycles. The maximum atomic E-state index is 5.23. The maximum absolute atomic E-state index is 5.23. The fraction of sp³-hybridized carbons (Fsp3) is 0.0566. The lowest BCUT2D eigenvalue weighted by atomic mass is 9.79. The van der Waals surface area contributed by atoms with Gasteiger partial charge in [0.2, 0.25) is 0 Å². The summed E-state index contributed by atoms with van der Waals surface area (Å²) in [7, 11) is 0. The van der Waals surface area contributed by atoms with Crippen LogP contribution in [0.4, 0.5) is 0 Å². The average molecular weight is 716 g/mol. The normalized spacial score (nSPS) is 13.0. The highest BCUT2D eigenvalue weighted by atomic mass is 15.0. The molecule has 1 aliphatic rings. The zero-order valence-corrected chi connectivity index (χ0v) is 31.2. The molecule has 3 heteroatoms. The van der Waals surface area contributed by atoms with Gasteiger partial charge in [0.1, 0.15) is 0 Å². The monoisotopic (exact) mass is 715 g/mol. The Morgan fingerprint density at radius 3 is 1.77 bits per heavy atom. The Hall–Kier alpha value is -7.10. The van der Waals surface area contributed by atoms with E-state index in [2.05, 4.69) is 188 Å². The maximum Gasteiger partial charge on any atom is 0.160 e. The fourth-order valence-corrected chi connectivity index (χ4v) is 9.17. The minimum absolute atomic E-state index is 0.123. The molecule has 0 unspecified atom stereocenters. The average Bonchev–Trinajstić information content (AvgIpc) is 3.72. The molecular weight excluding hydrogens is 679 g/mol. The summed E-state index contributed by atoms with van der Waals surface area (Å²) in [4.78, 5) is 10.4. The number of benzene rings is 8. The van der Waals surface area contributed by atoms with Crippen molar-refractivity contribution in [3.8, 4) is 61.8 Å². The Bertz CT molecular complexity index is 3100. The fourth-order valence-electron chi connectivity index (χ4n) is 9.17. The first-order valence-corrected chi connectivity index (χ1v) is 19.3. The van der Waals surface area contributed by atoms with Gasteiger partial charge in [-0.2, -0.15) is 0 Å². The van der Waals surface area contributed by atoms with Gasteiger partial charge in [0.15, 0.2) is 5.82 Å². The summed E-state index contributed by atoms with van der Waals surface area (Å²) < 4.78 is 2.35. The Morgan fingerprint density at radius 2 is 1.02 bits per heavy atom. The van der Waals surface area contributed by atoms with Crippen molar-refractivity contribution in [2.75, 3.05) is 0 Å². The van der Waals surface area contributed by atoms with Crippen LogP contribution in [-0.2, 0) is 5.41 Å². The third-order valence-corrected chi connectivity index (χ3v) is 11.8. The number of nitrogens with zero attached hydrogens (tertiary/aromatic N) is 3. The molecule has 0 radical (unpaired) electrons.